The van der Waals surface area contributed by atoms with Crippen molar-refractivity contribution >= 4 is 5.91 Å². The number of carbonyl (C=O) groups excluding carboxylic acids is 1. The van der Waals surface area contributed by atoms with Crippen LogP contribution in [-0.2, 0) is 9.53 Å². The van der Waals surface area contributed by atoms with E-state index < -0.39 is 0 Å². The van der Waals surface area contributed by atoms with Crippen molar-refractivity contribution < 1.29 is 9.53 Å². The van der Waals surface area contributed by atoms with Crippen LogP contribution in [0, 0.1) is 5.92 Å². The molecule has 20 heavy (non-hydrogen) atoms. The van der Waals surface area contributed by atoms with Gasteiger partial charge >= 0.3 is 0 Å². The Hall–Kier alpha value is -0.610. The molecule has 1 rings (SSSR count). The van der Waals surface area contributed by atoms with Crippen LogP contribution in [0.1, 0.15) is 53.4 Å². The van der Waals surface area contributed by atoms with Gasteiger partial charge in [0.25, 0.3) is 0 Å². The maximum atomic E-state index is 11.8. The molecule has 1 heterocycles. The van der Waals surface area contributed by atoms with Gasteiger partial charge in [-0.05, 0) is 65.8 Å². The second kappa shape index (κ2) is 9.35. The first kappa shape index (κ1) is 17.4. The van der Waals surface area contributed by atoms with Crippen molar-refractivity contribution in [2.45, 2.75) is 65.5 Å². The third-order valence-corrected chi connectivity index (χ3v) is 3.63. The molecule has 0 unspecified atom stereocenters. The molecule has 0 spiro atoms. The van der Waals surface area contributed by atoms with Crippen molar-refractivity contribution in [1.82, 2.24) is 10.2 Å². The summed E-state index contributed by atoms with van der Waals surface area (Å²) in [6, 6.07) is 0.233. The molecule has 1 amide bonds. The van der Waals surface area contributed by atoms with E-state index in [1.54, 1.807) is 0 Å². The van der Waals surface area contributed by atoms with Crippen LogP contribution >= 0.6 is 0 Å². The molecule has 0 aromatic heterocycles. The fourth-order valence-corrected chi connectivity index (χ4v) is 2.79. The molecule has 0 saturated carbocycles. The molecule has 4 heteroatoms. The maximum absolute atomic E-state index is 11.8. The number of rotatable bonds is 8. The smallest absolute Gasteiger partial charge is 0.234 e. The summed E-state index contributed by atoms with van der Waals surface area (Å²) in [4.78, 5) is 14.1. The summed E-state index contributed by atoms with van der Waals surface area (Å²) in [6.07, 6.45) is 5.19. The highest BCUT2D eigenvalue weighted by Crippen LogP contribution is 2.20. The SMILES string of the molecule is CC(C)NC(=O)CN1CCC[C@H](CCCOC(C)C)C1. The van der Waals surface area contributed by atoms with E-state index in [0.29, 0.717) is 12.6 Å². The normalized spacial score (nSPS) is 20.6. The first-order chi connectivity index (χ1) is 9.47. The number of nitrogens with zero attached hydrogens (tertiary/aromatic N) is 1. The van der Waals surface area contributed by atoms with Gasteiger partial charge in [-0.25, -0.2) is 0 Å². The summed E-state index contributed by atoms with van der Waals surface area (Å²) >= 11 is 0. The molecule has 0 aromatic rings. The first-order valence-electron chi connectivity index (χ1n) is 8.10. The van der Waals surface area contributed by atoms with Crippen LogP contribution in [0.2, 0.25) is 0 Å². The second-order valence-corrected chi connectivity index (χ2v) is 6.53. The molecule has 1 N–H and O–H groups in total. The van der Waals surface area contributed by atoms with Gasteiger partial charge < -0.3 is 10.1 Å². The number of likely N-dealkylation sites (tertiary alicyclic amines) is 1. The van der Waals surface area contributed by atoms with E-state index in [9.17, 15) is 4.79 Å². The topological polar surface area (TPSA) is 41.6 Å². The van der Waals surface area contributed by atoms with Gasteiger partial charge in [0, 0.05) is 19.2 Å². The standard InChI is InChI=1S/C16H32N2O2/c1-13(2)17-16(19)12-18-9-5-7-15(11-18)8-6-10-20-14(3)4/h13-15H,5-12H2,1-4H3,(H,17,19)/t15-/m1/s1. The van der Waals surface area contributed by atoms with E-state index in [0.717, 1.165) is 32.0 Å². The summed E-state index contributed by atoms with van der Waals surface area (Å²) in [5, 5.41) is 2.97. The minimum absolute atomic E-state index is 0.156. The van der Waals surface area contributed by atoms with Gasteiger partial charge in [0.05, 0.1) is 12.6 Å². The summed E-state index contributed by atoms with van der Waals surface area (Å²) in [7, 11) is 0. The van der Waals surface area contributed by atoms with Crippen molar-refractivity contribution in [2.24, 2.45) is 5.92 Å². The molecular formula is C16H32N2O2. The molecule has 0 aromatic carbocycles. The third-order valence-electron chi connectivity index (χ3n) is 3.63. The maximum Gasteiger partial charge on any atom is 0.234 e. The Kier molecular flexibility index (Phi) is 8.15. The van der Waals surface area contributed by atoms with E-state index >= 15 is 0 Å². The lowest BCUT2D eigenvalue weighted by Gasteiger charge is -2.32. The number of ether oxygens (including phenoxy) is 1. The van der Waals surface area contributed by atoms with Crippen LogP contribution < -0.4 is 5.32 Å². The van der Waals surface area contributed by atoms with E-state index in [2.05, 4.69) is 24.1 Å². The van der Waals surface area contributed by atoms with Crippen molar-refractivity contribution in [3.8, 4) is 0 Å². The van der Waals surface area contributed by atoms with Crippen molar-refractivity contribution in [3.05, 3.63) is 0 Å². The number of hydrogen-bond acceptors (Lipinski definition) is 3. The second-order valence-electron chi connectivity index (χ2n) is 6.53. The minimum Gasteiger partial charge on any atom is -0.379 e. The molecule has 4 nitrogen and oxygen atoms in total. The average molecular weight is 284 g/mol. The quantitative estimate of drug-likeness (QED) is 0.696. The molecule has 118 valence electrons. The highest BCUT2D eigenvalue weighted by Gasteiger charge is 2.21. The summed E-state index contributed by atoms with van der Waals surface area (Å²) < 4.78 is 5.59. The molecule has 1 aliphatic heterocycles. The van der Waals surface area contributed by atoms with E-state index in [-0.39, 0.29) is 11.9 Å². The van der Waals surface area contributed by atoms with Crippen molar-refractivity contribution in [2.75, 3.05) is 26.2 Å². The van der Waals surface area contributed by atoms with Crippen molar-refractivity contribution in [1.29, 1.82) is 0 Å². The van der Waals surface area contributed by atoms with Gasteiger partial charge in [-0.15, -0.1) is 0 Å². The fraction of sp³-hybridized carbons (Fsp3) is 0.938. The van der Waals surface area contributed by atoms with E-state index in [1.807, 2.05) is 13.8 Å². The number of hydrogen-bond donors (Lipinski definition) is 1. The molecule has 0 radical (unpaired) electrons. The average Bonchev–Trinajstić information content (AvgIpc) is 2.33. The Morgan fingerprint density at radius 3 is 2.75 bits per heavy atom. The van der Waals surface area contributed by atoms with E-state index in [4.69, 9.17) is 4.74 Å². The zero-order valence-corrected chi connectivity index (χ0v) is 13.7. The zero-order valence-electron chi connectivity index (χ0n) is 13.7. The number of piperidine rings is 1. The predicted octanol–water partition coefficient (Wildman–Crippen LogP) is 2.43. The number of carbonyl (C=O) groups is 1. The summed E-state index contributed by atoms with van der Waals surface area (Å²) in [6.45, 7) is 11.7. The highest BCUT2D eigenvalue weighted by atomic mass is 16.5. The number of nitrogens with one attached hydrogen (secondary N) is 1. The fourth-order valence-electron chi connectivity index (χ4n) is 2.79. The molecule has 1 saturated heterocycles. The van der Waals surface area contributed by atoms with Gasteiger partial charge in [0.2, 0.25) is 5.91 Å². The van der Waals surface area contributed by atoms with Gasteiger partial charge in [0.15, 0.2) is 0 Å². The van der Waals surface area contributed by atoms with E-state index in [1.165, 1.54) is 19.3 Å². The minimum atomic E-state index is 0.156. The molecule has 1 fully saturated rings. The van der Waals surface area contributed by atoms with Crippen LogP contribution in [0.4, 0.5) is 0 Å². The lowest BCUT2D eigenvalue weighted by molar-refractivity contribution is -0.123. The number of amides is 1. The molecule has 1 atom stereocenters. The highest BCUT2D eigenvalue weighted by molar-refractivity contribution is 5.78. The first-order valence-corrected chi connectivity index (χ1v) is 8.10. The Labute approximate surface area is 124 Å². The zero-order chi connectivity index (χ0) is 15.0. The van der Waals surface area contributed by atoms with Gasteiger partial charge in [0.1, 0.15) is 0 Å². The third kappa shape index (κ3) is 7.85. The lowest BCUT2D eigenvalue weighted by Crippen LogP contribution is -2.44. The summed E-state index contributed by atoms with van der Waals surface area (Å²) in [5.74, 6) is 0.884. The Bertz CT molecular complexity index is 280. The Morgan fingerprint density at radius 2 is 2.10 bits per heavy atom. The lowest BCUT2D eigenvalue weighted by atomic mass is 9.93. The Morgan fingerprint density at radius 1 is 1.35 bits per heavy atom. The molecular weight excluding hydrogens is 252 g/mol. The predicted molar refractivity (Wildman–Crippen MR) is 82.8 cm³/mol. The summed E-state index contributed by atoms with van der Waals surface area (Å²) in [5.41, 5.74) is 0. The molecule has 0 bridgehead atoms. The van der Waals surface area contributed by atoms with Crippen molar-refractivity contribution in [3.63, 3.8) is 0 Å². The molecule has 0 aliphatic carbocycles. The largest absolute Gasteiger partial charge is 0.379 e. The monoisotopic (exact) mass is 284 g/mol. The van der Waals surface area contributed by atoms with Crippen LogP contribution in [0.15, 0.2) is 0 Å². The molecule has 1 aliphatic rings. The van der Waals surface area contributed by atoms with Crippen LogP contribution in [0.3, 0.4) is 0 Å². The van der Waals surface area contributed by atoms with Crippen LogP contribution in [-0.4, -0.2) is 49.2 Å². The van der Waals surface area contributed by atoms with Gasteiger partial charge in [-0.2, -0.15) is 0 Å². The van der Waals surface area contributed by atoms with Gasteiger partial charge in [-0.3, -0.25) is 9.69 Å². The van der Waals surface area contributed by atoms with Gasteiger partial charge in [-0.1, -0.05) is 0 Å². The van der Waals surface area contributed by atoms with Crippen LogP contribution in [0.25, 0.3) is 0 Å². The Balaban J connectivity index is 2.19. The van der Waals surface area contributed by atoms with Crippen LogP contribution in [0.5, 0.6) is 0 Å².